The van der Waals surface area contributed by atoms with Gasteiger partial charge in [-0.2, -0.15) is 0 Å². The first-order valence-corrected chi connectivity index (χ1v) is 8.48. The first-order valence-electron chi connectivity index (χ1n) is 8.48. The summed E-state index contributed by atoms with van der Waals surface area (Å²) >= 11 is 0. The summed E-state index contributed by atoms with van der Waals surface area (Å²) in [5, 5.41) is 5.95. The molecule has 0 unspecified atom stereocenters. The van der Waals surface area contributed by atoms with Crippen molar-refractivity contribution in [2.24, 2.45) is 0 Å². The van der Waals surface area contributed by atoms with E-state index in [0.29, 0.717) is 29.2 Å². The van der Waals surface area contributed by atoms with E-state index in [2.05, 4.69) is 10.6 Å². The molecule has 0 aromatic heterocycles. The molecule has 6 nitrogen and oxygen atoms in total. The lowest BCUT2D eigenvalue weighted by Gasteiger charge is -2.15. The Labute approximate surface area is 153 Å². The highest BCUT2D eigenvalue weighted by Gasteiger charge is 2.12. The van der Waals surface area contributed by atoms with E-state index < -0.39 is 5.97 Å². The number of rotatable bonds is 8. The zero-order chi connectivity index (χ0) is 18.9. The van der Waals surface area contributed by atoms with Crippen LogP contribution < -0.4 is 15.4 Å². The summed E-state index contributed by atoms with van der Waals surface area (Å²) in [4.78, 5) is 24.0. The van der Waals surface area contributed by atoms with E-state index >= 15 is 0 Å². The zero-order valence-corrected chi connectivity index (χ0v) is 15.2. The maximum absolute atomic E-state index is 12.2. The van der Waals surface area contributed by atoms with Crippen molar-refractivity contribution in [3.8, 4) is 5.75 Å². The highest BCUT2D eigenvalue weighted by molar-refractivity contribution is 5.96. The number of hydrogen-bond donors (Lipinski definition) is 2. The molecule has 0 saturated carbocycles. The van der Waals surface area contributed by atoms with Crippen molar-refractivity contribution in [1.82, 2.24) is 0 Å². The minimum atomic E-state index is -0.419. The Morgan fingerprint density at radius 3 is 2.35 bits per heavy atom. The molecule has 2 rings (SSSR count). The molecule has 0 aliphatic heterocycles. The van der Waals surface area contributed by atoms with Gasteiger partial charge < -0.3 is 20.1 Å². The minimum Gasteiger partial charge on any atom is -0.489 e. The molecule has 138 valence electrons. The standard InChI is InChI=1S/C20H24N2O4/c1-14(2)26-18-11-7-6-10-17(18)22-19(23)12-13-21-16-9-5-4-8-15(16)20(24)25-3/h4-11,14,21H,12-13H2,1-3H3,(H,22,23). The molecule has 0 radical (unpaired) electrons. The number of anilines is 2. The van der Waals surface area contributed by atoms with Crippen LogP contribution in [0.4, 0.5) is 11.4 Å². The normalized spacial score (nSPS) is 10.3. The van der Waals surface area contributed by atoms with Crippen molar-refractivity contribution in [3.63, 3.8) is 0 Å². The molecule has 6 heteroatoms. The van der Waals surface area contributed by atoms with Gasteiger partial charge in [0.05, 0.1) is 24.5 Å². The summed E-state index contributed by atoms with van der Waals surface area (Å²) in [7, 11) is 1.34. The smallest absolute Gasteiger partial charge is 0.339 e. The molecule has 0 saturated heterocycles. The fourth-order valence-corrected chi connectivity index (χ4v) is 2.38. The first-order chi connectivity index (χ1) is 12.5. The summed E-state index contributed by atoms with van der Waals surface area (Å²) in [5.41, 5.74) is 1.71. The van der Waals surface area contributed by atoms with Crippen molar-refractivity contribution in [2.75, 3.05) is 24.3 Å². The van der Waals surface area contributed by atoms with Crippen molar-refractivity contribution in [3.05, 3.63) is 54.1 Å². The quantitative estimate of drug-likeness (QED) is 0.705. The highest BCUT2D eigenvalue weighted by atomic mass is 16.5. The van der Waals surface area contributed by atoms with Crippen LogP contribution in [0.25, 0.3) is 0 Å². The largest absolute Gasteiger partial charge is 0.489 e. The van der Waals surface area contributed by atoms with E-state index in [-0.39, 0.29) is 18.4 Å². The molecule has 0 aliphatic rings. The van der Waals surface area contributed by atoms with E-state index in [1.807, 2.05) is 38.1 Å². The lowest BCUT2D eigenvalue weighted by Crippen LogP contribution is -2.18. The van der Waals surface area contributed by atoms with Crippen molar-refractivity contribution in [2.45, 2.75) is 26.4 Å². The van der Waals surface area contributed by atoms with Crippen LogP contribution in [0.5, 0.6) is 5.75 Å². The summed E-state index contributed by atoms with van der Waals surface area (Å²) in [5.74, 6) is 0.0741. The molecule has 0 atom stereocenters. The average molecular weight is 356 g/mol. The number of carbonyl (C=O) groups is 2. The van der Waals surface area contributed by atoms with Crippen LogP contribution in [-0.2, 0) is 9.53 Å². The van der Waals surface area contributed by atoms with Crippen LogP contribution in [-0.4, -0.2) is 31.6 Å². The number of methoxy groups -OCH3 is 1. The number of benzene rings is 2. The molecule has 0 heterocycles. The maximum atomic E-state index is 12.2. The molecule has 0 fully saturated rings. The van der Waals surface area contributed by atoms with Crippen LogP contribution in [0.3, 0.4) is 0 Å². The van der Waals surface area contributed by atoms with E-state index in [4.69, 9.17) is 9.47 Å². The second-order valence-electron chi connectivity index (χ2n) is 5.92. The predicted octanol–water partition coefficient (Wildman–Crippen LogP) is 3.70. The molecule has 0 bridgehead atoms. The number of esters is 1. The second-order valence-corrected chi connectivity index (χ2v) is 5.92. The van der Waals surface area contributed by atoms with Gasteiger partial charge in [-0.15, -0.1) is 0 Å². The lowest BCUT2D eigenvalue weighted by atomic mass is 10.1. The molecule has 0 aliphatic carbocycles. The summed E-state index contributed by atoms with van der Waals surface area (Å²) in [6, 6.07) is 14.3. The molecule has 1 amide bonds. The number of para-hydroxylation sites is 3. The number of nitrogens with one attached hydrogen (secondary N) is 2. The fraction of sp³-hybridized carbons (Fsp3) is 0.300. The predicted molar refractivity (Wildman–Crippen MR) is 102 cm³/mol. The SMILES string of the molecule is COC(=O)c1ccccc1NCCC(=O)Nc1ccccc1OC(C)C. The van der Waals surface area contributed by atoms with E-state index in [1.54, 1.807) is 24.3 Å². The molecular formula is C20H24N2O4. The van der Waals surface area contributed by atoms with Crippen LogP contribution in [0.15, 0.2) is 48.5 Å². The average Bonchev–Trinajstić information content (AvgIpc) is 2.62. The third-order valence-corrected chi connectivity index (χ3v) is 3.52. The van der Waals surface area contributed by atoms with Crippen LogP contribution in [0, 0.1) is 0 Å². The van der Waals surface area contributed by atoms with Crippen LogP contribution in [0.2, 0.25) is 0 Å². The van der Waals surface area contributed by atoms with Crippen LogP contribution in [0.1, 0.15) is 30.6 Å². The third-order valence-electron chi connectivity index (χ3n) is 3.52. The van der Waals surface area contributed by atoms with Gasteiger partial charge in [-0.1, -0.05) is 24.3 Å². The Kier molecular flexibility index (Phi) is 7.02. The van der Waals surface area contributed by atoms with Gasteiger partial charge in [0.15, 0.2) is 0 Å². The van der Waals surface area contributed by atoms with Crippen molar-refractivity contribution >= 4 is 23.3 Å². The van der Waals surface area contributed by atoms with Crippen molar-refractivity contribution < 1.29 is 19.1 Å². The number of ether oxygens (including phenoxy) is 2. The number of hydrogen-bond acceptors (Lipinski definition) is 5. The molecule has 26 heavy (non-hydrogen) atoms. The van der Waals surface area contributed by atoms with Gasteiger partial charge in [0.2, 0.25) is 5.91 Å². The van der Waals surface area contributed by atoms with Gasteiger partial charge in [-0.25, -0.2) is 4.79 Å². The fourth-order valence-electron chi connectivity index (χ4n) is 2.38. The molecule has 2 N–H and O–H groups in total. The van der Waals surface area contributed by atoms with Gasteiger partial charge in [-0.05, 0) is 38.1 Å². The minimum absolute atomic E-state index is 0.0181. The van der Waals surface area contributed by atoms with E-state index in [9.17, 15) is 9.59 Å². The molecular weight excluding hydrogens is 332 g/mol. The van der Waals surface area contributed by atoms with Gasteiger partial charge in [0.25, 0.3) is 0 Å². The van der Waals surface area contributed by atoms with Crippen LogP contribution >= 0.6 is 0 Å². The zero-order valence-electron chi connectivity index (χ0n) is 15.2. The van der Waals surface area contributed by atoms with E-state index in [0.717, 1.165) is 0 Å². The Morgan fingerprint density at radius 1 is 1.00 bits per heavy atom. The summed E-state index contributed by atoms with van der Waals surface area (Å²) < 4.78 is 10.4. The Morgan fingerprint density at radius 2 is 1.65 bits per heavy atom. The second kappa shape index (κ2) is 9.46. The Hall–Kier alpha value is -3.02. The molecule has 2 aromatic carbocycles. The van der Waals surface area contributed by atoms with Gasteiger partial charge in [0, 0.05) is 18.7 Å². The lowest BCUT2D eigenvalue weighted by molar-refractivity contribution is -0.116. The third kappa shape index (κ3) is 5.51. The summed E-state index contributed by atoms with van der Waals surface area (Å²) in [6.07, 6.45) is 0.260. The number of amides is 1. The Balaban J connectivity index is 1.92. The highest BCUT2D eigenvalue weighted by Crippen LogP contribution is 2.25. The summed E-state index contributed by atoms with van der Waals surface area (Å²) in [6.45, 7) is 4.25. The topological polar surface area (TPSA) is 76.7 Å². The van der Waals surface area contributed by atoms with Gasteiger partial charge >= 0.3 is 5.97 Å². The van der Waals surface area contributed by atoms with E-state index in [1.165, 1.54) is 7.11 Å². The first kappa shape index (κ1) is 19.3. The maximum Gasteiger partial charge on any atom is 0.339 e. The monoisotopic (exact) mass is 356 g/mol. The molecule has 2 aromatic rings. The van der Waals surface area contributed by atoms with Gasteiger partial charge in [0.1, 0.15) is 5.75 Å². The van der Waals surface area contributed by atoms with Crippen molar-refractivity contribution in [1.29, 1.82) is 0 Å². The van der Waals surface area contributed by atoms with Gasteiger partial charge in [-0.3, -0.25) is 4.79 Å². The number of carbonyl (C=O) groups excluding carboxylic acids is 2. The Bertz CT molecular complexity index is 759. The molecule has 0 spiro atoms.